The lowest BCUT2D eigenvalue weighted by molar-refractivity contribution is 1.36. The Labute approximate surface area is 57.0 Å². The van der Waals surface area contributed by atoms with Crippen LogP contribution >= 0.6 is 9.24 Å². The third kappa shape index (κ3) is 1.62. The molecule has 1 nitrogen and oxygen atoms in total. The summed E-state index contributed by atoms with van der Waals surface area (Å²) in [7, 11) is 2.53. The van der Waals surface area contributed by atoms with Crippen LogP contribution in [0.4, 0.5) is 0 Å². The van der Waals surface area contributed by atoms with Gasteiger partial charge in [0, 0.05) is 0 Å². The second-order valence-corrected chi connectivity index (χ2v) is 2.28. The maximum absolute atomic E-state index is 4.14. The van der Waals surface area contributed by atoms with Crippen LogP contribution in [0.5, 0.6) is 0 Å². The van der Waals surface area contributed by atoms with Gasteiger partial charge >= 0.3 is 0 Å². The highest BCUT2D eigenvalue weighted by molar-refractivity contribution is 7.26. The van der Waals surface area contributed by atoms with Crippen molar-refractivity contribution in [3.8, 4) is 0 Å². The molecule has 0 amide bonds. The van der Waals surface area contributed by atoms with Crippen LogP contribution < -0.4 is 5.44 Å². The maximum Gasteiger partial charge on any atom is 0.0631 e. The van der Waals surface area contributed by atoms with E-state index in [0.29, 0.717) is 0 Å². The highest BCUT2D eigenvalue weighted by Gasteiger charge is 1.84. The lowest BCUT2D eigenvalue weighted by Crippen LogP contribution is -1.96. The summed E-state index contributed by atoms with van der Waals surface area (Å²) in [6, 6.07) is 5.80. The van der Waals surface area contributed by atoms with Crippen LogP contribution in [0.2, 0.25) is 0 Å². The Morgan fingerprint density at radius 1 is 1.56 bits per heavy atom. The minimum atomic E-state index is 0.919. The van der Waals surface area contributed by atoms with E-state index >= 15 is 0 Å². The van der Waals surface area contributed by atoms with Crippen molar-refractivity contribution in [2.45, 2.75) is 0 Å². The molecule has 9 heavy (non-hydrogen) atoms. The summed E-state index contributed by atoms with van der Waals surface area (Å²) in [5.41, 5.74) is 1.87. The Bertz CT molecular complexity index is 220. The summed E-state index contributed by atoms with van der Waals surface area (Å²) in [5.74, 6) is 0. The van der Waals surface area contributed by atoms with Gasteiger partial charge in [-0.2, -0.15) is 0 Å². The van der Waals surface area contributed by atoms with Crippen LogP contribution in [-0.4, -0.2) is 4.98 Å². The van der Waals surface area contributed by atoms with Crippen LogP contribution in [0, 0.1) is 0 Å². The first kappa shape index (κ1) is 6.44. The fraction of sp³-hybridized carbons (Fsp3) is 0. The SMILES string of the molecule is C=Cc1cccc(P)n1. The Morgan fingerprint density at radius 3 is 2.78 bits per heavy atom. The third-order valence-corrected chi connectivity index (χ3v) is 1.32. The van der Waals surface area contributed by atoms with Gasteiger partial charge < -0.3 is 0 Å². The van der Waals surface area contributed by atoms with Gasteiger partial charge in [-0.05, 0) is 18.2 Å². The molecule has 46 valence electrons. The third-order valence-electron chi connectivity index (χ3n) is 1.00. The van der Waals surface area contributed by atoms with Gasteiger partial charge in [-0.25, -0.2) is 4.98 Å². The van der Waals surface area contributed by atoms with Gasteiger partial charge in [-0.15, -0.1) is 0 Å². The molecule has 1 aromatic heterocycles. The number of hydrogen-bond acceptors (Lipinski definition) is 1. The van der Waals surface area contributed by atoms with E-state index in [4.69, 9.17) is 0 Å². The number of rotatable bonds is 1. The van der Waals surface area contributed by atoms with E-state index in [1.165, 1.54) is 0 Å². The van der Waals surface area contributed by atoms with Gasteiger partial charge in [0.05, 0.1) is 11.1 Å². The molecule has 1 unspecified atom stereocenters. The molecule has 0 aliphatic heterocycles. The lowest BCUT2D eigenvalue weighted by Gasteiger charge is -1.91. The standard InChI is InChI=1S/C7H8NP/c1-2-6-4-3-5-7(9)8-6/h2-5H,1,9H2. The molecule has 0 saturated carbocycles. The normalized spacial score (nSPS) is 9.00. The summed E-state index contributed by atoms with van der Waals surface area (Å²) < 4.78 is 0. The zero-order valence-corrected chi connectivity index (χ0v) is 6.20. The average Bonchev–Trinajstić information content (AvgIpc) is 1.88. The molecule has 0 aliphatic rings. The van der Waals surface area contributed by atoms with Crippen molar-refractivity contribution >= 4 is 20.8 Å². The quantitative estimate of drug-likeness (QED) is 0.530. The highest BCUT2D eigenvalue weighted by atomic mass is 31.0. The monoisotopic (exact) mass is 137 g/mol. The molecule has 0 aromatic carbocycles. The van der Waals surface area contributed by atoms with Crippen LogP contribution in [0.25, 0.3) is 6.08 Å². The Hall–Kier alpha value is -0.680. The van der Waals surface area contributed by atoms with E-state index in [2.05, 4.69) is 20.8 Å². The molecule has 1 aromatic rings. The largest absolute Gasteiger partial charge is 0.249 e. The molecular weight excluding hydrogens is 129 g/mol. The summed E-state index contributed by atoms with van der Waals surface area (Å²) in [6.45, 7) is 3.60. The topological polar surface area (TPSA) is 12.9 Å². The number of pyridine rings is 1. The minimum absolute atomic E-state index is 0.919. The first-order valence-electron chi connectivity index (χ1n) is 2.68. The van der Waals surface area contributed by atoms with Crippen molar-refractivity contribution in [2.75, 3.05) is 0 Å². The summed E-state index contributed by atoms with van der Waals surface area (Å²) >= 11 is 0. The van der Waals surface area contributed by atoms with Crippen molar-refractivity contribution in [1.82, 2.24) is 4.98 Å². The van der Waals surface area contributed by atoms with E-state index in [1.807, 2.05) is 18.2 Å². The van der Waals surface area contributed by atoms with Crippen LogP contribution in [-0.2, 0) is 0 Å². The summed E-state index contributed by atoms with van der Waals surface area (Å²) in [4.78, 5) is 4.14. The molecule has 0 fully saturated rings. The van der Waals surface area contributed by atoms with Crippen molar-refractivity contribution in [3.05, 3.63) is 30.5 Å². The summed E-state index contributed by atoms with van der Waals surface area (Å²) in [5, 5.41) is 0. The smallest absolute Gasteiger partial charge is 0.0631 e. The molecule has 1 atom stereocenters. The van der Waals surface area contributed by atoms with Crippen molar-refractivity contribution in [3.63, 3.8) is 0 Å². The predicted octanol–water partition coefficient (Wildman–Crippen LogP) is 1.22. The van der Waals surface area contributed by atoms with Crippen molar-refractivity contribution in [1.29, 1.82) is 0 Å². The number of nitrogens with zero attached hydrogens (tertiary/aromatic N) is 1. The van der Waals surface area contributed by atoms with E-state index in [9.17, 15) is 0 Å². The molecule has 0 N–H and O–H groups in total. The second kappa shape index (κ2) is 2.75. The Balaban J connectivity index is 3.07. The fourth-order valence-corrected chi connectivity index (χ4v) is 0.843. The molecule has 1 rings (SSSR count). The summed E-state index contributed by atoms with van der Waals surface area (Å²) in [6.07, 6.45) is 1.73. The van der Waals surface area contributed by atoms with Gasteiger partial charge in [-0.3, -0.25) is 0 Å². The molecule has 0 bridgehead atoms. The first-order chi connectivity index (χ1) is 4.33. The van der Waals surface area contributed by atoms with Gasteiger partial charge in [0.1, 0.15) is 0 Å². The number of aromatic nitrogens is 1. The van der Waals surface area contributed by atoms with Crippen molar-refractivity contribution < 1.29 is 0 Å². The Kier molecular flexibility index (Phi) is 1.96. The zero-order chi connectivity index (χ0) is 6.69. The van der Waals surface area contributed by atoms with E-state index in [-0.39, 0.29) is 0 Å². The van der Waals surface area contributed by atoms with Crippen LogP contribution in [0.1, 0.15) is 5.69 Å². The molecule has 1 heterocycles. The Morgan fingerprint density at radius 2 is 2.33 bits per heavy atom. The predicted molar refractivity (Wildman–Crippen MR) is 43.7 cm³/mol. The van der Waals surface area contributed by atoms with Crippen LogP contribution in [0.15, 0.2) is 24.8 Å². The average molecular weight is 137 g/mol. The van der Waals surface area contributed by atoms with E-state index < -0.39 is 0 Å². The van der Waals surface area contributed by atoms with Gasteiger partial charge in [0.2, 0.25) is 0 Å². The molecule has 2 heteroatoms. The number of hydrogen-bond donors (Lipinski definition) is 0. The molecular formula is C7H8NP. The fourth-order valence-electron chi connectivity index (χ4n) is 0.583. The molecule has 0 radical (unpaired) electrons. The van der Waals surface area contributed by atoms with Crippen LogP contribution in [0.3, 0.4) is 0 Å². The second-order valence-electron chi connectivity index (χ2n) is 1.69. The highest BCUT2D eigenvalue weighted by Crippen LogP contribution is 1.93. The van der Waals surface area contributed by atoms with Gasteiger partial charge in [-0.1, -0.05) is 21.9 Å². The molecule has 0 saturated heterocycles. The zero-order valence-electron chi connectivity index (χ0n) is 5.04. The minimum Gasteiger partial charge on any atom is -0.249 e. The maximum atomic E-state index is 4.14. The molecule has 0 aliphatic carbocycles. The molecule has 0 spiro atoms. The van der Waals surface area contributed by atoms with E-state index in [0.717, 1.165) is 11.1 Å². The van der Waals surface area contributed by atoms with E-state index in [1.54, 1.807) is 6.08 Å². The first-order valence-corrected chi connectivity index (χ1v) is 3.25. The van der Waals surface area contributed by atoms with Crippen molar-refractivity contribution in [2.24, 2.45) is 0 Å². The van der Waals surface area contributed by atoms with Gasteiger partial charge in [0.15, 0.2) is 0 Å². The lowest BCUT2D eigenvalue weighted by atomic mass is 10.3. The van der Waals surface area contributed by atoms with Gasteiger partial charge in [0.25, 0.3) is 0 Å².